The van der Waals surface area contributed by atoms with Gasteiger partial charge in [0.1, 0.15) is 22.8 Å². The molecule has 1 saturated heterocycles. The minimum absolute atomic E-state index is 0.0808. The maximum absolute atomic E-state index is 13.3. The number of carbonyl (C=O) groups is 1. The average molecular weight is 466 g/mol. The van der Waals surface area contributed by atoms with Gasteiger partial charge in [0.05, 0.1) is 23.1 Å². The van der Waals surface area contributed by atoms with Gasteiger partial charge in [0.15, 0.2) is 0 Å². The van der Waals surface area contributed by atoms with Crippen molar-refractivity contribution in [3.8, 4) is 17.2 Å². The van der Waals surface area contributed by atoms with Crippen molar-refractivity contribution in [1.82, 2.24) is 4.90 Å². The fourth-order valence-electron chi connectivity index (χ4n) is 4.16. The Kier molecular flexibility index (Phi) is 7.22. The van der Waals surface area contributed by atoms with Crippen LogP contribution in [-0.2, 0) is 11.3 Å². The quantitative estimate of drug-likeness (QED) is 0.468. The summed E-state index contributed by atoms with van der Waals surface area (Å²) in [5.74, 6) is 1.23. The lowest BCUT2D eigenvalue weighted by Gasteiger charge is -2.30. The summed E-state index contributed by atoms with van der Waals surface area (Å²) in [6.45, 7) is 8.63. The Balaban J connectivity index is 1.61. The molecule has 1 aliphatic heterocycles. The summed E-state index contributed by atoms with van der Waals surface area (Å²) >= 11 is 0. The van der Waals surface area contributed by atoms with Crippen molar-refractivity contribution in [3.63, 3.8) is 0 Å². The van der Waals surface area contributed by atoms with Crippen LogP contribution in [0.3, 0.4) is 0 Å². The molecular formula is C27H31NO6. The number of esters is 1. The molecule has 0 radical (unpaired) electrons. The molecule has 0 spiro atoms. The topological polar surface area (TPSA) is 89.2 Å². The largest absolute Gasteiger partial charge is 0.507 e. The van der Waals surface area contributed by atoms with Gasteiger partial charge in [0.25, 0.3) is 0 Å². The fraction of sp³-hybridized carbons (Fsp3) is 0.407. The molecule has 0 atom stereocenters. The number of benzene rings is 2. The number of ether oxygens (including phenoxy) is 2. The molecule has 4 rings (SSSR count). The Bertz CT molecular complexity index is 1220. The number of hydrogen-bond acceptors (Lipinski definition) is 7. The van der Waals surface area contributed by atoms with Gasteiger partial charge < -0.3 is 19.0 Å². The monoisotopic (exact) mass is 465 g/mol. The number of fused-ring (bicyclic) bond motifs is 1. The number of phenols is 1. The Morgan fingerprint density at radius 1 is 1.15 bits per heavy atom. The van der Waals surface area contributed by atoms with Gasteiger partial charge in [-0.3, -0.25) is 9.69 Å². The molecule has 0 aliphatic carbocycles. The zero-order valence-corrected chi connectivity index (χ0v) is 19.9. The van der Waals surface area contributed by atoms with Crippen LogP contribution in [0.25, 0.3) is 11.0 Å². The van der Waals surface area contributed by atoms with E-state index in [1.54, 1.807) is 37.3 Å². The molecule has 0 amide bonds. The molecule has 2 aromatic carbocycles. The molecule has 34 heavy (non-hydrogen) atoms. The number of likely N-dealkylation sites (tertiary alicyclic amines) is 1. The van der Waals surface area contributed by atoms with E-state index < -0.39 is 5.97 Å². The van der Waals surface area contributed by atoms with Gasteiger partial charge in [-0.2, -0.15) is 0 Å². The van der Waals surface area contributed by atoms with Gasteiger partial charge in [0.2, 0.25) is 11.2 Å². The maximum Gasteiger partial charge on any atom is 0.338 e. The van der Waals surface area contributed by atoms with Crippen molar-refractivity contribution in [3.05, 3.63) is 63.5 Å². The number of phenolic OH excluding ortho intramolecular Hbond substituents is 1. The Morgan fingerprint density at radius 2 is 1.85 bits per heavy atom. The van der Waals surface area contributed by atoms with Crippen molar-refractivity contribution in [2.75, 3.05) is 19.7 Å². The normalized spacial score (nSPS) is 14.9. The van der Waals surface area contributed by atoms with E-state index >= 15 is 0 Å². The number of carbonyl (C=O) groups excluding carboxylic acids is 1. The predicted octanol–water partition coefficient (Wildman–Crippen LogP) is 5.40. The second-order valence-corrected chi connectivity index (χ2v) is 8.98. The average Bonchev–Trinajstić information content (AvgIpc) is 2.83. The molecule has 180 valence electrons. The van der Waals surface area contributed by atoms with E-state index in [9.17, 15) is 14.7 Å². The van der Waals surface area contributed by atoms with Crippen molar-refractivity contribution in [1.29, 1.82) is 0 Å². The first-order valence-corrected chi connectivity index (χ1v) is 11.8. The molecule has 1 aromatic heterocycles. The summed E-state index contributed by atoms with van der Waals surface area (Å²) in [5, 5.41) is 10.9. The van der Waals surface area contributed by atoms with Crippen molar-refractivity contribution < 1.29 is 23.8 Å². The smallest absolute Gasteiger partial charge is 0.338 e. The van der Waals surface area contributed by atoms with E-state index in [1.807, 2.05) is 6.92 Å². The molecule has 7 nitrogen and oxygen atoms in total. The van der Waals surface area contributed by atoms with Crippen LogP contribution < -0.4 is 10.2 Å². The third-order valence-corrected chi connectivity index (χ3v) is 6.27. The lowest BCUT2D eigenvalue weighted by Crippen LogP contribution is -2.32. The van der Waals surface area contributed by atoms with E-state index in [1.165, 1.54) is 6.07 Å². The third-order valence-electron chi connectivity index (χ3n) is 6.27. The number of rotatable bonds is 7. The maximum atomic E-state index is 13.3. The third kappa shape index (κ3) is 5.09. The van der Waals surface area contributed by atoms with E-state index in [0.29, 0.717) is 52.7 Å². The van der Waals surface area contributed by atoms with Crippen LogP contribution in [0.15, 0.2) is 45.6 Å². The lowest BCUT2D eigenvalue weighted by atomic mass is 9.98. The highest BCUT2D eigenvalue weighted by atomic mass is 16.5. The van der Waals surface area contributed by atoms with Crippen LogP contribution in [-0.4, -0.2) is 35.7 Å². The van der Waals surface area contributed by atoms with Crippen LogP contribution in [0, 0.1) is 12.8 Å². The zero-order chi connectivity index (χ0) is 24.2. The van der Waals surface area contributed by atoms with Gasteiger partial charge >= 0.3 is 5.97 Å². The fourth-order valence-corrected chi connectivity index (χ4v) is 4.16. The number of aromatic hydroxyl groups is 1. The van der Waals surface area contributed by atoms with E-state index in [4.69, 9.17) is 13.9 Å². The van der Waals surface area contributed by atoms with Crippen molar-refractivity contribution in [2.45, 2.75) is 46.6 Å². The first-order valence-electron chi connectivity index (χ1n) is 11.8. The zero-order valence-electron chi connectivity index (χ0n) is 19.9. The number of aryl methyl sites for hydroxylation is 1. The second-order valence-electron chi connectivity index (χ2n) is 8.98. The highest BCUT2D eigenvalue weighted by Gasteiger charge is 2.22. The summed E-state index contributed by atoms with van der Waals surface area (Å²) in [6.07, 6.45) is 2.98. The standard InChI is InChI=1S/C27H31NO6/c1-4-15-32-27(31)19-5-7-20(8-6-19)34-25-18(3)33-26-21(24(25)30)9-10-23(29)22(26)16-28-13-11-17(2)12-14-28/h5-10,17,29H,4,11-16H2,1-3H3. The van der Waals surface area contributed by atoms with Crippen molar-refractivity contribution in [2.24, 2.45) is 5.92 Å². The first-order chi connectivity index (χ1) is 16.4. The number of hydrogen-bond donors (Lipinski definition) is 1. The molecule has 0 unspecified atom stereocenters. The molecule has 1 fully saturated rings. The lowest BCUT2D eigenvalue weighted by molar-refractivity contribution is 0.0505. The summed E-state index contributed by atoms with van der Waals surface area (Å²) < 4.78 is 17.0. The minimum atomic E-state index is -0.398. The first kappa shape index (κ1) is 23.8. The van der Waals surface area contributed by atoms with Gasteiger partial charge in [-0.05, 0) is 81.6 Å². The van der Waals surface area contributed by atoms with Gasteiger partial charge in [0, 0.05) is 6.54 Å². The van der Waals surface area contributed by atoms with Crippen LogP contribution in [0.4, 0.5) is 0 Å². The summed E-state index contributed by atoms with van der Waals surface area (Å²) in [7, 11) is 0. The molecular weight excluding hydrogens is 434 g/mol. The van der Waals surface area contributed by atoms with E-state index in [0.717, 1.165) is 32.4 Å². The Labute approximate surface area is 198 Å². The highest BCUT2D eigenvalue weighted by Crippen LogP contribution is 2.32. The highest BCUT2D eigenvalue weighted by molar-refractivity contribution is 5.89. The molecule has 1 N–H and O–H groups in total. The molecule has 1 aliphatic rings. The Morgan fingerprint density at radius 3 is 2.53 bits per heavy atom. The molecule has 0 saturated carbocycles. The molecule has 3 aromatic rings. The SMILES string of the molecule is CCCOC(=O)c1ccc(Oc2c(C)oc3c(CN4CCC(C)CC4)c(O)ccc3c2=O)cc1. The van der Waals surface area contributed by atoms with Crippen LogP contribution in [0.5, 0.6) is 17.2 Å². The van der Waals surface area contributed by atoms with Gasteiger partial charge in [-0.15, -0.1) is 0 Å². The number of piperidine rings is 1. The predicted molar refractivity (Wildman–Crippen MR) is 130 cm³/mol. The Hall–Kier alpha value is -3.32. The molecule has 7 heteroatoms. The van der Waals surface area contributed by atoms with E-state index in [-0.39, 0.29) is 16.9 Å². The van der Waals surface area contributed by atoms with E-state index in [2.05, 4.69) is 11.8 Å². The van der Waals surface area contributed by atoms with Crippen LogP contribution >= 0.6 is 0 Å². The van der Waals surface area contributed by atoms with Crippen molar-refractivity contribution >= 4 is 16.9 Å². The van der Waals surface area contributed by atoms with Gasteiger partial charge in [-0.1, -0.05) is 13.8 Å². The van der Waals surface area contributed by atoms with Crippen LogP contribution in [0.2, 0.25) is 0 Å². The number of nitrogens with zero attached hydrogens (tertiary/aromatic N) is 1. The summed E-state index contributed by atoms with van der Waals surface area (Å²) in [5.41, 5.74) is 1.12. The summed E-state index contributed by atoms with van der Waals surface area (Å²) in [6, 6.07) is 9.53. The van der Waals surface area contributed by atoms with Gasteiger partial charge in [-0.25, -0.2) is 4.79 Å². The van der Waals surface area contributed by atoms with Crippen LogP contribution in [0.1, 0.15) is 54.8 Å². The minimum Gasteiger partial charge on any atom is -0.507 e. The molecule has 2 heterocycles. The summed E-state index contributed by atoms with van der Waals surface area (Å²) in [4.78, 5) is 27.6. The second kappa shape index (κ2) is 10.3. The molecule has 0 bridgehead atoms.